The van der Waals surface area contributed by atoms with Gasteiger partial charge in [-0.3, -0.25) is 0 Å². The Hall–Kier alpha value is -1.39. The number of benzene rings is 1. The summed E-state index contributed by atoms with van der Waals surface area (Å²) in [5, 5.41) is 0. The number of ether oxygens (including phenoxy) is 3. The molecule has 0 unspecified atom stereocenters. The summed E-state index contributed by atoms with van der Waals surface area (Å²) in [5.41, 5.74) is -0.251. The number of fused-ring (bicyclic) bond motifs is 1. The molecule has 3 rings (SSSR count). The van der Waals surface area contributed by atoms with Crippen molar-refractivity contribution in [2.75, 3.05) is 13.2 Å². The summed E-state index contributed by atoms with van der Waals surface area (Å²) in [4.78, 5) is 12.4. The second-order valence-corrected chi connectivity index (χ2v) is 4.91. The van der Waals surface area contributed by atoms with Crippen molar-refractivity contribution in [3.05, 3.63) is 35.9 Å². The van der Waals surface area contributed by atoms with Gasteiger partial charge in [0.25, 0.3) is 0 Å². The van der Waals surface area contributed by atoms with Crippen LogP contribution in [-0.4, -0.2) is 31.4 Å². The largest absolute Gasteiger partial charge is 0.464 e. The molecule has 0 spiro atoms. The molecule has 0 aromatic heterocycles. The Morgan fingerprint density at radius 3 is 2.89 bits per heavy atom. The van der Waals surface area contributed by atoms with Gasteiger partial charge in [0.2, 0.25) is 5.60 Å². The SMILES string of the molecule is CCOC(=O)[C@@]1(c2ccccc2)O[C@@H]2CCCO[C@@H]21. The fourth-order valence-electron chi connectivity index (χ4n) is 2.93. The summed E-state index contributed by atoms with van der Waals surface area (Å²) in [5.74, 6) is -0.343. The van der Waals surface area contributed by atoms with Gasteiger partial charge in [-0.15, -0.1) is 0 Å². The third kappa shape index (κ3) is 1.86. The highest BCUT2D eigenvalue weighted by Gasteiger charge is 2.64. The predicted molar refractivity (Wildman–Crippen MR) is 68.6 cm³/mol. The van der Waals surface area contributed by atoms with Crippen molar-refractivity contribution in [2.24, 2.45) is 0 Å². The first-order valence-corrected chi connectivity index (χ1v) is 6.81. The number of hydrogen-bond donors (Lipinski definition) is 0. The van der Waals surface area contributed by atoms with E-state index in [4.69, 9.17) is 14.2 Å². The van der Waals surface area contributed by atoms with E-state index in [9.17, 15) is 4.79 Å². The van der Waals surface area contributed by atoms with Gasteiger partial charge in [-0.2, -0.15) is 0 Å². The number of carbonyl (C=O) groups excluding carboxylic acids is 1. The summed E-state index contributed by atoms with van der Waals surface area (Å²) in [6.07, 6.45) is 1.72. The molecule has 102 valence electrons. The van der Waals surface area contributed by atoms with Crippen LogP contribution in [0, 0.1) is 0 Å². The molecule has 2 heterocycles. The summed E-state index contributed by atoms with van der Waals surface area (Å²) in [7, 11) is 0. The average molecular weight is 262 g/mol. The molecular weight excluding hydrogens is 244 g/mol. The molecule has 2 fully saturated rings. The number of esters is 1. The molecule has 19 heavy (non-hydrogen) atoms. The highest BCUT2D eigenvalue weighted by Crippen LogP contribution is 2.48. The Morgan fingerprint density at radius 1 is 1.42 bits per heavy atom. The van der Waals surface area contributed by atoms with E-state index in [2.05, 4.69) is 0 Å². The van der Waals surface area contributed by atoms with E-state index in [1.807, 2.05) is 30.3 Å². The van der Waals surface area contributed by atoms with Crippen molar-refractivity contribution < 1.29 is 19.0 Å². The van der Waals surface area contributed by atoms with Gasteiger partial charge in [0.15, 0.2) is 0 Å². The van der Waals surface area contributed by atoms with Crippen molar-refractivity contribution in [1.29, 1.82) is 0 Å². The zero-order chi connectivity index (χ0) is 13.3. The van der Waals surface area contributed by atoms with Crippen LogP contribution >= 0.6 is 0 Å². The van der Waals surface area contributed by atoms with E-state index in [1.165, 1.54) is 0 Å². The van der Waals surface area contributed by atoms with Crippen LogP contribution in [-0.2, 0) is 24.6 Å². The summed E-state index contributed by atoms with van der Waals surface area (Å²) in [6.45, 7) is 2.82. The van der Waals surface area contributed by atoms with Gasteiger partial charge in [0.1, 0.15) is 6.10 Å². The van der Waals surface area contributed by atoms with Gasteiger partial charge in [0, 0.05) is 6.61 Å². The molecule has 0 bridgehead atoms. The molecule has 1 aromatic rings. The smallest absolute Gasteiger partial charge is 0.346 e. The Labute approximate surface area is 112 Å². The van der Waals surface area contributed by atoms with Crippen LogP contribution in [0.1, 0.15) is 25.3 Å². The molecule has 1 aromatic carbocycles. The van der Waals surface area contributed by atoms with E-state index >= 15 is 0 Å². The van der Waals surface area contributed by atoms with Gasteiger partial charge < -0.3 is 14.2 Å². The minimum atomic E-state index is -1.07. The van der Waals surface area contributed by atoms with Gasteiger partial charge in [-0.25, -0.2) is 4.79 Å². The lowest BCUT2D eigenvalue weighted by molar-refractivity contribution is -0.320. The molecule has 2 aliphatic rings. The second kappa shape index (κ2) is 4.94. The highest BCUT2D eigenvalue weighted by atomic mass is 16.6. The topological polar surface area (TPSA) is 44.8 Å². The lowest BCUT2D eigenvalue weighted by Gasteiger charge is -2.54. The first-order valence-electron chi connectivity index (χ1n) is 6.81. The maximum Gasteiger partial charge on any atom is 0.346 e. The number of carbonyl (C=O) groups is 1. The van der Waals surface area contributed by atoms with Crippen LogP contribution < -0.4 is 0 Å². The third-order valence-electron chi connectivity index (χ3n) is 3.79. The molecule has 2 saturated heterocycles. The van der Waals surface area contributed by atoms with Crippen molar-refractivity contribution in [3.63, 3.8) is 0 Å². The fraction of sp³-hybridized carbons (Fsp3) is 0.533. The van der Waals surface area contributed by atoms with Crippen LogP contribution in [0.4, 0.5) is 0 Å². The van der Waals surface area contributed by atoms with E-state index in [1.54, 1.807) is 6.92 Å². The van der Waals surface area contributed by atoms with Crippen molar-refractivity contribution >= 4 is 5.97 Å². The molecule has 3 atom stereocenters. The van der Waals surface area contributed by atoms with Gasteiger partial charge in [-0.05, 0) is 25.3 Å². The Bertz CT molecular complexity index is 458. The standard InChI is InChI=1S/C15H18O4/c1-2-17-14(16)15(11-7-4-3-5-8-11)13-12(19-15)9-6-10-18-13/h3-5,7-8,12-13H,2,6,9-10H2,1H3/t12-,13+,15+/m1/s1. The number of hydrogen-bond acceptors (Lipinski definition) is 4. The molecule has 0 N–H and O–H groups in total. The maximum atomic E-state index is 12.4. The zero-order valence-electron chi connectivity index (χ0n) is 11.0. The van der Waals surface area contributed by atoms with Crippen LogP contribution in [0.15, 0.2) is 30.3 Å². The molecule has 4 heteroatoms. The minimum absolute atomic E-state index is 0.0124. The van der Waals surface area contributed by atoms with Gasteiger partial charge in [0.05, 0.1) is 12.7 Å². The predicted octanol–water partition coefficient (Wildman–Crippen LogP) is 2.02. The molecule has 2 aliphatic heterocycles. The van der Waals surface area contributed by atoms with Crippen molar-refractivity contribution in [3.8, 4) is 0 Å². The average Bonchev–Trinajstić information content (AvgIpc) is 2.42. The first-order chi connectivity index (χ1) is 9.29. The van der Waals surface area contributed by atoms with Gasteiger partial charge in [-0.1, -0.05) is 30.3 Å². The Balaban J connectivity index is 1.95. The molecular formula is C15H18O4. The summed E-state index contributed by atoms with van der Waals surface area (Å²) >= 11 is 0. The van der Waals surface area contributed by atoms with E-state index in [0.29, 0.717) is 13.2 Å². The zero-order valence-corrected chi connectivity index (χ0v) is 11.0. The third-order valence-corrected chi connectivity index (χ3v) is 3.79. The van der Waals surface area contributed by atoms with Crippen LogP contribution in [0.25, 0.3) is 0 Å². The van der Waals surface area contributed by atoms with Crippen molar-refractivity contribution in [1.82, 2.24) is 0 Å². The summed E-state index contributed by atoms with van der Waals surface area (Å²) < 4.78 is 16.9. The van der Waals surface area contributed by atoms with Crippen LogP contribution in [0.5, 0.6) is 0 Å². The quantitative estimate of drug-likeness (QED) is 0.782. The molecule has 0 amide bonds. The van der Waals surface area contributed by atoms with E-state index < -0.39 is 5.60 Å². The second-order valence-electron chi connectivity index (χ2n) is 4.91. The van der Waals surface area contributed by atoms with Crippen LogP contribution in [0.2, 0.25) is 0 Å². The number of rotatable bonds is 3. The van der Waals surface area contributed by atoms with E-state index in [0.717, 1.165) is 18.4 Å². The lowest BCUT2D eigenvalue weighted by Crippen LogP contribution is -2.68. The molecule has 0 radical (unpaired) electrons. The van der Waals surface area contributed by atoms with Gasteiger partial charge >= 0.3 is 5.97 Å². The van der Waals surface area contributed by atoms with E-state index in [-0.39, 0.29) is 18.2 Å². The minimum Gasteiger partial charge on any atom is -0.464 e. The Morgan fingerprint density at radius 2 is 2.21 bits per heavy atom. The fourth-order valence-corrected chi connectivity index (χ4v) is 2.93. The monoisotopic (exact) mass is 262 g/mol. The Kier molecular flexibility index (Phi) is 3.29. The molecule has 0 aliphatic carbocycles. The normalized spacial score (nSPS) is 33.1. The molecule has 0 saturated carbocycles. The highest BCUT2D eigenvalue weighted by molar-refractivity contribution is 5.83. The first kappa shape index (κ1) is 12.6. The summed E-state index contributed by atoms with van der Waals surface area (Å²) in [6, 6.07) is 9.50. The van der Waals surface area contributed by atoms with Crippen LogP contribution in [0.3, 0.4) is 0 Å². The van der Waals surface area contributed by atoms with Crippen molar-refractivity contribution in [2.45, 2.75) is 37.6 Å². The molecule has 4 nitrogen and oxygen atoms in total. The maximum absolute atomic E-state index is 12.4. The lowest BCUT2D eigenvalue weighted by atomic mass is 9.77.